The van der Waals surface area contributed by atoms with Crippen molar-refractivity contribution in [3.8, 4) is 0 Å². The second-order valence-electron chi connectivity index (χ2n) is 5.46. The van der Waals surface area contributed by atoms with Crippen molar-refractivity contribution in [3.63, 3.8) is 0 Å². The smallest absolute Gasteiger partial charge is 0.303 e. The van der Waals surface area contributed by atoms with E-state index in [4.69, 9.17) is 14.6 Å². The van der Waals surface area contributed by atoms with Crippen molar-refractivity contribution < 1.29 is 24.2 Å². The molecule has 1 fully saturated rings. The first-order valence-electron chi connectivity index (χ1n) is 7.44. The highest BCUT2D eigenvalue weighted by molar-refractivity contribution is 7.16. The standard InChI is InChI=1S/C16H17NO5S/c18-13(11-1-2-12-14(9-11)23-10-17-12)3-5-16(6-4-15(19)20)21-7-8-22-16/h1-2,9-10H,3-8H2,(H,19,20). The molecule has 1 N–H and O–H groups in total. The van der Waals surface area contributed by atoms with Gasteiger partial charge in [-0.25, -0.2) is 4.98 Å². The lowest BCUT2D eigenvalue weighted by atomic mass is 9.99. The Morgan fingerprint density at radius 3 is 2.70 bits per heavy atom. The molecule has 6 nitrogen and oxygen atoms in total. The monoisotopic (exact) mass is 335 g/mol. The predicted molar refractivity (Wildman–Crippen MR) is 84.7 cm³/mol. The quantitative estimate of drug-likeness (QED) is 0.783. The van der Waals surface area contributed by atoms with Crippen LogP contribution in [-0.4, -0.2) is 40.8 Å². The van der Waals surface area contributed by atoms with E-state index in [1.165, 1.54) is 11.3 Å². The summed E-state index contributed by atoms with van der Waals surface area (Å²) in [6.07, 6.45) is 0.828. The van der Waals surface area contributed by atoms with Crippen LogP contribution in [0.4, 0.5) is 0 Å². The molecule has 2 heterocycles. The van der Waals surface area contributed by atoms with Crippen molar-refractivity contribution in [2.75, 3.05) is 13.2 Å². The molecule has 0 saturated carbocycles. The average molecular weight is 335 g/mol. The number of hydrogen-bond donors (Lipinski definition) is 1. The minimum absolute atomic E-state index is 0.00546. The molecule has 3 rings (SSSR count). The Morgan fingerprint density at radius 2 is 1.96 bits per heavy atom. The average Bonchev–Trinajstić information content (AvgIpc) is 3.19. The Hall–Kier alpha value is -1.83. The maximum Gasteiger partial charge on any atom is 0.303 e. The Kier molecular flexibility index (Phi) is 4.70. The van der Waals surface area contributed by atoms with Crippen LogP contribution >= 0.6 is 11.3 Å². The number of Topliss-reactive ketones (excluding diaryl/α,β-unsaturated/α-hetero) is 1. The third kappa shape index (κ3) is 3.74. The van der Waals surface area contributed by atoms with Crippen LogP contribution in [0, 0.1) is 0 Å². The summed E-state index contributed by atoms with van der Waals surface area (Å²) in [5.74, 6) is -1.85. The Balaban J connectivity index is 1.65. The molecule has 1 aliphatic heterocycles. The zero-order chi connectivity index (χ0) is 16.3. The van der Waals surface area contributed by atoms with E-state index < -0.39 is 11.8 Å². The van der Waals surface area contributed by atoms with Gasteiger partial charge in [0.15, 0.2) is 11.6 Å². The van der Waals surface area contributed by atoms with E-state index in [1.54, 1.807) is 11.6 Å². The summed E-state index contributed by atoms with van der Waals surface area (Å²) >= 11 is 1.49. The van der Waals surface area contributed by atoms with Gasteiger partial charge in [0.1, 0.15) is 0 Å². The number of nitrogens with zero attached hydrogens (tertiary/aromatic N) is 1. The van der Waals surface area contributed by atoms with Gasteiger partial charge in [-0.1, -0.05) is 0 Å². The van der Waals surface area contributed by atoms with Crippen LogP contribution in [0.15, 0.2) is 23.7 Å². The zero-order valence-corrected chi connectivity index (χ0v) is 13.3. The van der Waals surface area contributed by atoms with Crippen LogP contribution in [0.25, 0.3) is 10.2 Å². The van der Waals surface area contributed by atoms with Crippen LogP contribution in [0.5, 0.6) is 0 Å². The lowest BCUT2D eigenvalue weighted by molar-refractivity contribution is -0.172. The largest absolute Gasteiger partial charge is 0.481 e. The molecule has 122 valence electrons. The van der Waals surface area contributed by atoms with E-state index in [-0.39, 0.29) is 25.0 Å². The lowest BCUT2D eigenvalue weighted by Gasteiger charge is -2.26. The number of aliphatic carboxylic acids is 1. The number of carbonyl (C=O) groups excluding carboxylic acids is 1. The van der Waals surface area contributed by atoms with Crippen LogP contribution in [-0.2, 0) is 14.3 Å². The summed E-state index contributed by atoms with van der Waals surface area (Å²) in [7, 11) is 0. The van der Waals surface area contributed by atoms with Crippen LogP contribution in [0.2, 0.25) is 0 Å². The minimum Gasteiger partial charge on any atom is -0.481 e. The maximum absolute atomic E-state index is 12.4. The van der Waals surface area contributed by atoms with Gasteiger partial charge in [0.05, 0.1) is 35.4 Å². The summed E-state index contributed by atoms with van der Waals surface area (Å²) in [5, 5.41) is 8.84. The number of carboxylic acid groups (broad SMARTS) is 1. The fourth-order valence-corrected chi connectivity index (χ4v) is 3.40. The van der Waals surface area contributed by atoms with Gasteiger partial charge in [-0.05, 0) is 18.2 Å². The van der Waals surface area contributed by atoms with Gasteiger partial charge >= 0.3 is 5.97 Å². The number of thiazole rings is 1. The van der Waals surface area contributed by atoms with Crippen molar-refractivity contribution in [1.29, 1.82) is 0 Å². The summed E-state index contributed by atoms with van der Waals surface area (Å²) in [6.45, 7) is 0.862. The van der Waals surface area contributed by atoms with Crippen molar-refractivity contribution in [3.05, 3.63) is 29.3 Å². The van der Waals surface area contributed by atoms with Crippen molar-refractivity contribution >= 4 is 33.3 Å². The van der Waals surface area contributed by atoms with Gasteiger partial charge in [-0.15, -0.1) is 11.3 Å². The molecule has 7 heteroatoms. The lowest BCUT2D eigenvalue weighted by Crippen LogP contribution is -2.31. The number of carbonyl (C=O) groups is 2. The Bertz CT molecular complexity index is 720. The Morgan fingerprint density at radius 1 is 1.22 bits per heavy atom. The summed E-state index contributed by atoms with van der Waals surface area (Å²) in [4.78, 5) is 27.4. The highest BCUT2D eigenvalue weighted by atomic mass is 32.1. The molecule has 0 atom stereocenters. The maximum atomic E-state index is 12.4. The SMILES string of the molecule is O=C(O)CCC1(CCC(=O)c2ccc3ncsc3c2)OCCO1. The molecular formula is C16H17NO5S. The van der Waals surface area contributed by atoms with Crippen molar-refractivity contribution in [2.45, 2.75) is 31.5 Å². The molecule has 2 aromatic rings. The number of benzene rings is 1. The summed E-state index contributed by atoms with van der Waals surface area (Å²) < 4.78 is 12.2. The van der Waals surface area contributed by atoms with E-state index >= 15 is 0 Å². The molecule has 1 aromatic heterocycles. The van der Waals surface area contributed by atoms with Gasteiger partial charge in [0.25, 0.3) is 0 Å². The number of carboxylic acids is 1. The first-order valence-corrected chi connectivity index (χ1v) is 8.32. The van der Waals surface area contributed by atoms with Gasteiger partial charge < -0.3 is 14.6 Å². The second kappa shape index (κ2) is 6.74. The summed E-state index contributed by atoms with van der Waals surface area (Å²) in [5.41, 5.74) is 3.26. The normalized spacial score (nSPS) is 16.7. The van der Waals surface area contributed by atoms with Gasteiger partial charge in [-0.2, -0.15) is 0 Å². The van der Waals surface area contributed by atoms with E-state index in [1.807, 2.05) is 12.1 Å². The third-order valence-electron chi connectivity index (χ3n) is 3.92. The number of aromatic nitrogens is 1. The van der Waals surface area contributed by atoms with Gasteiger partial charge in [0, 0.05) is 24.8 Å². The number of rotatable bonds is 7. The number of fused-ring (bicyclic) bond motifs is 1. The fraction of sp³-hybridized carbons (Fsp3) is 0.438. The predicted octanol–water partition coefficient (Wildman–Crippen LogP) is 2.87. The van der Waals surface area contributed by atoms with Crippen LogP contribution in [0.3, 0.4) is 0 Å². The zero-order valence-electron chi connectivity index (χ0n) is 12.5. The van der Waals surface area contributed by atoms with Crippen molar-refractivity contribution in [2.24, 2.45) is 0 Å². The first kappa shape index (κ1) is 16.0. The Labute approximate surface area is 137 Å². The topological polar surface area (TPSA) is 85.7 Å². The molecule has 0 aliphatic carbocycles. The number of hydrogen-bond acceptors (Lipinski definition) is 6. The van der Waals surface area contributed by atoms with E-state index in [2.05, 4.69) is 4.98 Å². The van der Waals surface area contributed by atoms with Crippen LogP contribution < -0.4 is 0 Å². The molecule has 0 radical (unpaired) electrons. The molecule has 23 heavy (non-hydrogen) atoms. The fourth-order valence-electron chi connectivity index (χ4n) is 2.68. The molecule has 0 unspecified atom stereocenters. The highest BCUT2D eigenvalue weighted by Gasteiger charge is 2.37. The molecule has 0 spiro atoms. The minimum atomic E-state index is -0.942. The van der Waals surface area contributed by atoms with Gasteiger partial charge in [-0.3, -0.25) is 9.59 Å². The van der Waals surface area contributed by atoms with E-state index in [9.17, 15) is 9.59 Å². The van der Waals surface area contributed by atoms with Crippen LogP contribution in [0.1, 0.15) is 36.0 Å². The van der Waals surface area contributed by atoms with E-state index in [0.29, 0.717) is 25.2 Å². The molecular weight excluding hydrogens is 318 g/mol. The first-order chi connectivity index (χ1) is 11.1. The number of ketones is 1. The summed E-state index contributed by atoms with van der Waals surface area (Å²) in [6, 6.07) is 5.45. The second-order valence-corrected chi connectivity index (χ2v) is 6.35. The molecule has 1 saturated heterocycles. The molecule has 1 aromatic carbocycles. The molecule has 0 amide bonds. The van der Waals surface area contributed by atoms with E-state index in [0.717, 1.165) is 10.2 Å². The third-order valence-corrected chi connectivity index (χ3v) is 4.71. The highest BCUT2D eigenvalue weighted by Crippen LogP contribution is 2.31. The molecule has 0 bridgehead atoms. The molecule has 1 aliphatic rings. The number of ether oxygens (including phenoxy) is 2. The van der Waals surface area contributed by atoms with Gasteiger partial charge in [0.2, 0.25) is 0 Å². The van der Waals surface area contributed by atoms with Crippen molar-refractivity contribution in [1.82, 2.24) is 4.98 Å².